The monoisotopic (exact) mass is 346 g/mol. The first-order valence-corrected chi connectivity index (χ1v) is 8.50. The van der Waals surface area contributed by atoms with Crippen LogP contribution in [-0.2, 0) is 6.54 Å². The van der Waals surface area contributed by atoms with Crippen molar-refractivity contribution in [2.75, 3.05) is 6.54 Å². The minimum Gasteiger partial charge on any atom is -0.346 e. The zero-order valence-corrected chi connectivity index (χ0v) is 15.2. The van der Waals surface area contributed by atoms with Crippen LogP contribution in [0.3, 0.4) is 0 Å². The van der Waals surface area contributed by atoms with Crippen LogP contribution in [0.4, 0.5) is 0 Å². The Morgan fingerprint density at radius 2 is 2.04 bits per heavy atom. The summed E-state index contributed by atoms with van der Waals surface area (Å²) in [6.45, 7) is 8.39. The van der Waals surface area contributed by atoms with Crippen molar-refractivity contribution in [2.24, 2.45) is 11.7 Å². The number of hydrogen-bond donors (Lipinski definition) is 3. The zero-order chi connectivity index (χ0) is 18.8. The van der Waals surface area contributed by atoms with Crippen molar-refractivity contribution in [3.05, 3.63) is 44.6 Å². The van der Waals surface area contributed by atoms with Gasteiger partial charge in [0.2, 0.25) is 0 Å². The number of hydrogen-bond acceptors (Lipinski definition) is 4. The molecular weight excluding hydrogens is 320 g/mol. The molecule has 1 amide bonds. The number of nitrogens with one attached hydrogen (secondary N) is 2. The van der Waals surface area contributed by atoms with E-state index in [0.717, 1.165) is 11.0 Å². The number of fused-ring (bicyclic) bond motifs is 1. The van der Waals surface area contributed by atoms with Gasteiger partial charge in [-0.3, -0.25) is 14.2 Å². The van der Waals surface area contributed by atoms with Crippen LogP contribution in [0.1, 0.15) is 44.5 Å². The first kappa shape index (κ1) is 18.9. The van der Waals surface area contributed by atoms with E-state index in [1.54, 1.807) is 19.1 Å². The largest absolute Gasteiger partial charge is 0.346 e. The molecular formula is C18H26N4O3. The molecule has 1 atom stereocenters. The number of aromatic amines is 1. The Balaban J connectivity index is 2.40. The average Bonchev–Trinajstić information content (AvgIpc) is 2.53. The van der Waals surface area contributed by atoms with Gasteiger partial charge in [-0.25, -0.2) is 4.79 Å². The minimum atomic E-state index is -0.515. The highest BCUT2D eigenvalue weighted by Gasteiger charge is 2.26. The summed E-state index contributed by atoms with van der Waals surface area (Å²) in [6.07, 6.45) is 0.751. The van der Waals surface area contributed by atoms with Crippen molar-refractivity contribution in [3.8, 4) is 0 Å². The fourth-order valence-corrected chi connectivity index (χ4v) is 3.12. The van der Waals surface area contributed by atoms with Gasteiger partial charge in [0.25, 0.3) is 11.5 Å². The highest BCUT2D eigenvalue weighted by molar-refractivity contribution is 5.98. The molecule has 0 aliphatic carbocycles. The van der Waals surface area contributed by atoms with E-state index in [2.05, 4.69) is 24.1 Å². The molecule has 0 spiro atoms. The van der Waals surface area contributed by atoms with Crippen LogP contribution in [0.2, 0.25) is 0 Å². The topological polar surface area (TPSA) is 110 Å². The Morgan fingerprint density at radius 3 is 2.60 bits per heavy atom. The predicted octanol–water partition coefficient (Wildman–Crippen LogP) is 1.20. The quantitative estimate of drug-likeness (QED) is 0.730. The van der Waals surface area contributed by atoms with Crippen molar-refractivity contribution in [3.63, 3.8) is 0 Å². The molecule has 0 saturated heterocycles. The van der Waals surface area contributed by atoms with Crippen molar-refractivity contribution in [1.29, 1.82) is 0 Å². The molecule has 7 nitrogen and oxygen atoms in total. The summed E-state index contributed by atoms with van der Waals surface area (Å²) in [7, 11) is 0. The van der Waals surface area contributed by atoms with Gasteiger partial charge >= 0.3 is 5.69 Å². The molecule has 0 radical (unpaired) electrons. The Labute approximate surface area is 146 Å². The molecule has 0 fully saturated rings. The maximum atomic E-state index is 12.6. The highest BCUT2D eigenvalue weighted by Crippen LogP contribution is 2.17. The van der Waals surface area contributed by atoms with Crippen LogP contribution in [-0.4, -0.2) is 27.5 Å². The standard InChI is InChI=1S/C18H26N4O3/c1-5-22-16(24)13-7-6-12(8-14(13)20-17(22)25)15(23)21-18(4,10-19)9-11(2)3/h6-8,11H,5,9-10,19H2,1-4H3,(H,20,25)(H,21,23). The average molecular weight is 346 g/mol. The van der Waals surface area contributed by atoms with Gasteiger partial charge in [0.15, 0.2) is 0 Å². The van der Waals surface area contributed by atoms with Crippen LogP contribution in [0.15, 0.2) is 27.8 Å². The predicted molar refractivity (Wildman–Crippen MR) is 98.9 cm³/mol. The lowest BCUT2D eigenvalue weighted by Crippen LogP contribution is -2.52. The van der Waals surface area contributed by atoms with Gasteiger partial charge in [-0.2, -0.15) is 0 Å². The van der Waals surface area contributed by atoms with Crippen LogP contribution in [0, 0.1) is 5.92 Å². The summed E-state index contributed by atoms with van der Waals surface area (Å²) < 4.78 is 1.12. The van der Waals surface area contributed by atoms with Gasteiger partial charge in [0, 0.05) is 24.2 Å². The zero-order valence-electron chi connectivity index (χ0n) is 15.2. The maximum absolute atomic E-state index is 12.6. The Hall–Kier alpha value is -2.41. The molecule has 1 aromatic carbocycles. The van der Waals surface area contributed by atoms with Crippen molar-refractivity contribution in [1.82, 2.24) is 14.9 Å². The Kier molecular flexibility index (Phi) is 5.47. The van der Waals surface area contributed by atoms with Gasteiger partial charge in [0.05, 0.1) is 10.9 Å². The molecule has 1 heterocycles. The van der Waals surface area contributed by atoms with E-state index < -0.39 is 11.2 Å². The third-order valence-electron chi connectivity index (χ3n) is 4.28. The summed E-state index contributed by atoms with van der Waals surface area (Å²) in [6, 6.07) is 4.68. The SMILES string of the molecule is CCn1c(=O)[nH]c2cc(C(=O)NC(C)(CN)CC(C)C)ccc2c1=O. The van der Waals surface area contributed by atoms with Gasteiger partial charge < -0.3 is 16.0 Å². The molecule has 0 aliphatic heterocycles. The van der Waals surface area contributed by atoms with E-state index in [0.29, 0.717) is 28.9 Å². The molecule has 7 heteroatoms. The number of nitrogens with two attached hydrogens (primary N) is 1. The third kappa shape index (κ3) is 3.99. The number of aromatic nitrogens is 2. The van der Waals surface area contributed by atoms with Crippen molar-refractivity contribution >= 4 is 16.8 Å². The molecule has 1 unspecified atom stereocenters. The number of nitrogens with zero attached hydrogens (tertiary/aromatic N) is 1. The maximum Gasteiger partial charge on any atom is 0.328 e. The molecule has 25 heavy (non-hydrogen) atoms. The van der Waals surface area contributed by atoms with Gasteiger partial charge in [0.1, 0.15) is 0 Å². The van der Waals surface area contributed by atoms with Gasteiger partial charge in [-0.1, -0.05) is 13.8 Å². The summed E-state index contributed by atoms with van der Waals surface area (Å²) in [5.74, 6) is 0.102. The molecule has 4 N–H and O–H groups in total. The van der Waals surface area contributed by atoms with Crippen LogP contribution in [0.5, 0.6) is 0 Å². The molecule has 2 rings (SSSR count). The molecule has 136 valence electrons. The van der Waals surface area contributed by atoms with E-state index in [4.69, 9.17) is 5.73 Å². The second-order valence-corrected chi connectivity index (χ2v) is 7.06. The molecule has 0 bridgehead atoms. The second-order valence-electron chi connectivity index (χ2n) is 7.06. The number of amides is 1. The third-order valence-corrected chi connectivity index (χ3v) is 4.28. The number of carbonyl (C=O) groups is 1. The number of H-pyrrole nitrogens is 1. The second kappa shape index (κ2) is 7.23. The fourth-order valence-electron chi connectivity index (χ4n) is 3.12. The number of rotatable bonds is 6. The van der Waals surface area contributed by atoms with E-state index in [1.807, 2.05) is 6.92 Å². The van der Waals surface area contributed by atoms with Gasteiger partial charge in [-0.05, 0) is 44.4 Å². The van der Waals surface area contributed by atoms with E-state index in [-0.39, 0.29) is 18.0 Å². The Morgan fingerprint density at radius 1 is 1.36 bits per heavy atom. The summed E-state index contributed by atoms with van der Waals surface area (Å²) in [5.41, 5.74) is 5.21. The summed E-state index contributed by atoms with van der Waals surface area (Å²) >= 11 is 0. The molecule has 0 saturated carbocycles. The lowest BCUT2D eigenvalue weighted by molar-refractivity contribution is 0.0898. The number of carbonyl (C=O) groups excluding carboxylic acids is 1. The van der Waals surface area contributed by atoms with E-state index in [9.17, 15) is 14.4 Å². The molecule has 2 aromatic rings. The van der Waals surface area contributed by atoms with Gasteiger partial charge in [-0.15, -0.1) is 0 Å². The lowest BCUT2D eigenvalue weighted by Gasteiger charge is -2.31. The molecule has 1 aromatic heterocycles. The van der Waals surface area contributed by atoms with Crippen molar-refractivity contribution < 1.29 is 4.79 Å². The van der Waals surface area contributed by atoms with Crippen LogP contribution < -0.4 is 22.3 Å². The Bertz CT molecular complexity index is 897. The molecule has 0 aliphatic rings. The smallest absolute Gasteiger partial charge is 0.328 e. The first-order valence-electron chi connectivity index (χ1n) is 8.50. The van der Waals surface area contributed by atoms with E-state index in [1.165, 1.54) is 6.07 Å². The summed E-state index contributed by atoms with van der Waals surface area (Å²) in [5, 5.41) is 3.34. The first-order chi connectivity index (χ1) is 11.7. The van der Waals surface area contributed by atoms with E-state index >= 15 is 0 Å². The van der Waals surface area contributed by atoms with Crippen molar-refractivity contribution in [2.45, 2.75) is 46.2 Å². The van der Waals surface area contributed by atoms with Crippen LogP contribution in [0.25, 0.3) is 10.9 Å². The summed E-state index contributed by atoms with van der Waals surface area (Å²) in [4.78, 5) is 39.5. The minimum absolute atomic E-state index is 0.281. The highest BCUT2D eigenvalue weighted by atomic mass is 16.2. The lowest BCUT2D eigenvalue weighted by atomic mass is 9.90. The normalized spacial score (nSPS) is 13.8. The fraction of sp³-hybridized carbons (Fsp3) is 0.500. The number of benzene rings is 1. The van der Waals surface area contributed by atoms with Crippen LogP contribution >= 0.6 is 0 Å².